The smallest absolute Gasteiger partial charge is 0.475 e. The Labute approximate surface area is 524 Å². The predicted octanol–water partition coefficient (Wildman–Crippen LogP) is 10.1. The van der Waals surface area contributed by atoms with Crippen LogP contribution in [0, 0.1) is 6.92 Å². The van der Waals surface area contributed by atoms with Crippen LogP contribution in [0.5, 0.6) is 11.5 Å². The van der Waals surface area contributed by atoms with Gasteiger partial charge < -0.3 is 44.8 Å². The minimum absolute atomic E-state index is 0.0273. The number of amides is 2. The average molecular weight is 1260 g/mol. The summed E-state index contributed by atoms with van der Waals surface area (Å²) in [6.45, 7) is 4.45. The van der Waals surface area contributed by atoms with Crippen molar-refractivity contribution in [2.24, 2.45) is 5.73 Å². The van der Waals surface area contributed by atoms with Gasteiger partial charge in [-0.1, -0.05) is 115 Å². The summed E-state index contributed by atoms with van der Waals surface area (Å²) in [6, 6.07) is 47.6. The van der Waals surface area contributed by atoms with E-state index in [1.807, 2.05) is 103 Å². The normalized spacial score (nSPS) is 16.3. The maximum atomic E-state index is 14.9. The first kappa shape index (κ1) is 63.4. The van der Waals surface area contributed by atoms with E-state index in [1.54, 1.807) is 70.2 Å². The summed E-state index contributed by atoms with van der Waals surface area (Å²) in [5.74, 6) is 0.902. The molecule has 6 atom stereocenters. The highest BCUT2D eigenvalue weighted by Gasteiger charge is 2.42. The molecular formula is C67H70N9O14P. The minimum atomic E-state index is -4.53. The molecule has 0 spiro atoms. The molecule has 5 N–H and O–H groups in total. The topological polar surface area (TPSA) is 283 Å². The highest BCUT2D eigenvalue weighted by molar-refractivity contribution is 7.48. The lowest BCUT2D eigenvalue weighted by atomic mass is 9.80. The second-order valence-electron chi connectivity index (χ2n) is 21.9. The Morgan fingerprint density at radius 1 is 0.780 bits per heavy atom. The number of phosphoric acid groups is 1. The molecule has 1 saturated heterocycles. The molecule has 1 fully saturated rings. The van der Waals surface area contributed by atoms with Crippen molar-refractivity contribution in [3.05, 3.63) is 236 Å². The number of nitrogens with one attached hydrogen (secondary N) is 3. The summed E-state index contributed by atoms with van der Waals surface area (Å²) in [6.07, 6.45) is 0.0653. The summed E-state index contributed by atoms with van der Waals surface area (Å²) in [7, 11) is -1.37. The van der Waals surface area contributed by atoms with E-state index in [4.69, 9.17) is 47.7 Å². The van der Waals surface area contributed by atoms with E-state index in [-0.39, 0.29) is 56.8 Å². The van der Waals surface area contributed by atoms with Gasteiger partial charge in [0.1, 0.15) is 48.6 Å². The number of carbonyl (C=O) groups excluding carboxylic acids is 2. The van der Waals surface area contributed by atoms with Crippen molar-refractivity contribution in [3.8, 4) is 22.6 Å². The quantitative estimate of drug-likeness (QED) is 0.0275. The van der Waals surface area contributed by atoms with Crippen LogP contribution in [0.1, 0.15) is 94.4 Å². The average Bonchev–Trinajstić information content (AvgIpc) is 1.52. The number of aryl methyl sites for hydroxylation is 1. The Morgan fingerprint density at radius 3 is 2.07 bits per heavy atom. The van der Waals surface area contributed by atoms with Gasteiger partial charge in [0.05, 0.1) is 52.6 Å². The summed E-state index contributed by atoms with van der Waals surface area (Å²) in [5.41, 5.74) is 12.1. The van der Waals surface area contributed by atoms with Crippen molar-refractivity contribution in [2.75, 3.05) is 52.5 Å². The zero-order chi connectivity index (χ0) is 63.7. The largest absolute Gasteiger partial charge is 0.497 e. The van der Waals surface area contributed by atoms with Gasteiger partial charge in [0.25, 0.3) is 11.5 Å². The number of nitrogens with two attached hydrogens (primary N) is 1. The van der Waals surface area contributed by atoms with Crippen molar-refractivity contribution in [3.63, 3.8) is 0 Å². The maximum absolute atomic E-state index is 14.9. The van der Waals surface area contributed by atoms with Crippen LogP contribution in [-0.2, 0) is 49.2 Å². The number of ether oxygens (including phenoxy) is 6. The van der Waals surface area contributed by atoms with Gasteiger partial charge in [-0.05, 0) is 115 Å². The first-order valence-corrected chi connectivity index (χ1v) is 31.2. The minimum Gasteiger partial charge on any atom is -0.497 e. The molecule has 24 heteroatoms. The van der Waals surface area contributed by atoms with Gasteiger partial charge in [0, 0.05) is 36.3 Å². The van der Waals surface area contributed by atoms with Crippen molar-refractivity contribution in [1.29, 1.82) is 0 Å². The molecule has 1 aliphatic carbocycles. The number of imidazole rings is 1. The first-order valence-electron chi connectivity index (χ1n) is 29.7. The SMILES string of the molecule is COc1ccc(C(OC[C@@H](OC(C)n2cc(C)c(=O)[nH]c2=O)C(C)OP(=O)(OCCN)OC[C@@H]2CCC(n3cnc4c(NC(=O)c5ccc(CNC(=O)OCC6c7ccccc7-c7ccccc76)cc5)ncnc43)O2)(c2ccccc2)c2ccc(OC)cc2)cc1. The van der Waals surface area contributed by atoms with Crippen LogP contribution in [0.3, 0.4) is 0 Å². The number of H-pyrrole nitrogens is 1. The lowest BCUT2D eigenvalue weighted by Crippen LogP contribution is -2.42. The van der Waals surface area contributed by atoms with Gasteiger partial charge in [-0.3, -0.25) is 37.3 Å². The van der Waals surface area contributed by atoms with Gasteiger partial charge in [-0.2, -0.15) is 0 Å². The van der Waals surface area contributed by atoms with E-state index in [2.05, 4.69) is 54.8 Å². The van der Waals surface area contributed by atoms with E-state index in [0.29, 0.717) is 41.1 Å². The number of benzene rings is 6. The third-order valence-corrected chi connectivity index (χ3v) is 17.7. The molecule has 4 heterocycles. The van der Waals surface area contributed by atoms with Gasteiger partial charge in [0.15, 0.2) is 17.0 Å². The Bertz CT molecular complexity index is 4080. The van der Waals surface area contributed by atoms with Gasteiger partial charge in [-0.25, -0.2) is 29.1 Å². The first-order chi connectivity index (χ1) is 44.2. The molecule has 3 aromatic heterocycles. The monoisotopic (exact) mass is 1260 g/mol. The number of rotatable bonds is 27. The summed E-state index contributed by atoms with van der Waals surface area (Å²) in [5, 5.41) is 5.66. The number of anilines is 1. The van der Waals surface area contributed by atoms with E-state index in [9.17, 15) is 23.7 Å². The van der Waals surface area contributed by atoms with E-state index >= 15 is 0 Å². The van der Waals surface area contributed by atoms with Gasteiger partial charge in [-0.15, -0.1) is 0 Å². The van der Waals surface area contributed by atoms with Crippen molar-refractivity contribution in [1.82, 2.24) is 34.4 Å². The number of hydrogen-bond donors (Lipinski definition) is 4. The number of alkyl carbamates (subject to hydrolysis) is 1. The summed E-state index contributed by atoms with van der Waals surface area (Å²) in [4.78, 5) is 68.0. The lowest BCUT2D eigenvalue weighted by Gasteiger charge is -2.38. The molecule has 0 bridgehead atoms. The summed E-state index contributed by atoms with van der Waals surface area (Å²) >= 11 is 0. The van der Waals surface area contributed by atoms with Crippen LogP contribution in [-0.4, -0.2) is 107 Å². The number of hydrogen-bond acceptors (Lipinski definition) is 18. The number of methoxy groups -OCH3 is 2. The summed E-state index contributed by atoms with van der Waals surface area (Å²) < 4.78 is 73.3. The zero-order valence-electron chi connectivity index (χ0n) is 50.8. The highest BCUT2D eigenvalue weighted by atomic mass is 31.2. The van der Waals surface area contributed by atoms with Crippen LogP contribution in [0.15, 0.2) is 180 Å². The molecule has 23 nitrogen and oxygen atoms in total. The molecule has 6 aromatic carbocycles. The molecule has 11 rings (SSSR count). The van der Waals surface area contributed by atoms with Crippen LogP contribution in [0.25, 0.3) is 22.3 Å². The zero-order valence-corrected chi connectivity index (χ0v) is 51.7. The molecule has 2 amide bonds. The number of carbonyl (C=O) groups is 2. The number of aromatic amines is 1. The van der Waals surface area contributed by atoms with Crippen molar-refractivity contribution in [2.45, 2.75) is 82.4 Å². The van der Waals surface area contributed by atoms with E-state index in [1.165, 1.54) is 17.1 Å². The van der Waals surface area contributed by atoms with Crippen LogP contribution < -0.4 is 37.1 Å². The Hall–Kier alpha value is -9.16. The number of fused-ring (bicyclic) bond motifs is 4. The van der Waals surface area contributed by atoms with Crippen LogP contribution in [0.2, 0.25) is 0 Å². The maximum Gasteiger partial charge on any atom is 0.475 e. The standard InChI is InChI=1S/C67H70N9O14P/c1-42-36-75(65(79)74-63(42)77)44(3)88-58(39-85-67(47-13-7-6-8-14-47,48-23-27-50(82-4)28-24-48)49-25-29-51(83-5)30-26-49)43(2)90-91(81,86-34-33-68)87-37-52-31-32-59(89-52)76-41-72-60-61(70-40-71-62(60)76)73-64(78)46-21-19-45(20-22-46)35-69-66(80)84-38-57-55-17-11-9-15-53(55)54-16-10-12-18-56(54)57/h6-30,36,40-41,43-44,52,57-59H,31-35,37-39,68H2,1-5H3,(H,69,80)(H,74,77,79)(H,70,71,73,78)/t43?,44?,52-,58+,59?,91?/m0/s1. The van der Waals surface area contributed by atoms with Crippen LogP contribution >= 0.6 is 7.82 Å². The molecule has 472 valence electrons. The fourth-order valence-electron chi connectivity index (χ4n) is 11.4. The van der Waals surface area contributed by atoms with Crippen molar-refractivity contribution >= 4 is 36.8 Å². The molecule has 9 aromatic rings. The molecule has 0 saturated carbocycles. The fourth-order valence-corrected chi connectivity index (χ4v) is 12.8. The Balaban J connectivity index is 0.750. The molecule has 4 unspecified atom stereocenters. The van der Waals surface area contributed by atoms with Crippen molar-refractivity contribution < 1.29 is 56.1 Å². The fraction of sp³-hybridized carbons (Fsp3) is 0.299. The van der Waals surface area contributed by atoms with E-state index in [0.717, 1.165) is 44.5 Å². The number of nitrogens with zero attached hydrogens (tertiary/aromatic N) is 5. The highest BCUT2D eigenvalue weighted by Crippen LogP contribution is 2.52. The number of aromatic nitrogens is 6. The molecule has 91 heavy (non-hydrogen) atoms. The predicted molar refractivity (Wildman–Crippen MR) is 338 cm³/mol. The second kappa shape index (κ2) is 28.3. The third kappa shape index (κ3) is 14.1. The second-order valence-corrected chi connectivity index (χ2v) is 23.5. The van der Waals surface area contributed by atoms with E-state index < -0.39 is 67.4 Å². The van der Waals surface area contributed by atoms with Gasteiger partial charge >= 0.3 is 19.6 Å². The molecule has 2 aliphatic rings. The Kier molecular flexibility index (Phi) is 19.7. The van der Waals surface area contributed by atoms with Crippen LogP contribution in [0.4, 0.5) is 10.6 Å². The third-order valence-electron chi connectivity index (χ3n) is 16.1. The molecule has 1 aliphatic heterocycles. The molecule has 0 radical (unpaired) electrons. The lowest BCUT2D eigenvalue weighted by molar-refractivity contribution is -0.141. The Morgan fingerprint density at radius 2 is 1.42 bits per heavy atom. The van der Waals surface area contributed by atoms with Gasteiger partial charge in [0.2, 0.25) is 0 Å². The molecular weight excluding hydrogens is 1190 g/mol. The number of phosphoric ester groups is 1.